The van der Waals surface area contributed by atoms with E-state index in [0.29, 0.717) is 16.7 Å². The van der Waals surface area contributed by atoms with Crippen LogP contribution < -0.4 is 5.32 Å². The van der Waals surface area contributed by atoms with Gasteiger partial charge in [0.05, 0.1) is 13.2 Å². The quantitative estimate of drug-likeness (QED) is 0.358. The van der Waals surface area contributed by atoms with E-state index in [2.05, 4.69) is 10.3 Å². The summed E-state index contributed by atoms with van der Waals surface area (Å²) in [6.07, 6.45) is 1.64. The number of nitrogens with one attached hydrogen (secondary N) is 1. The maximum Gasteiger partial charge on any atom is 0.350 e. The largest absolute Gasteiger partial charge is 0.459 e. The topological polar surface area (TPSA) is 84.2 Å². The monoisotopic (exact) mass is 315 g/mol. The number of ether oxygens (including phenoxy) is 2. The van der Waals surface area contributed by atoms with Crippen LogP contribution in [0.4, 0.5) is 0 Å². The molecule has 8 heteroatoms. The van der Waals surface area contributed by atoms with Crippen molar-refractivity contribution in [1.82, 2.24) is 10.3 Å². The van der Waals surface area contributed by atoms with Crippen LogP contribution in [-0.4, -0.2) is 31.3 Å². The molecule has 0 spiro atoms. The number of allylic oxidation sites excluding steroid dienone is 1. The summed E-state index contributed by atoms with van der Waals surface area (Å²) in [7, 11) is 1.50. The van der Waals surface area contributed by atoms with Crippen molar-refractivity contribution in [2.24, 2.45) is 0 Å². The minimum absolute atomic E-state index is 0.0586. The predicted molar refractivity (Wildman–Crippen MR) is 75.1 cm³/mol. The highest BCUT2D eigenvalue weighted by atomic mass is 35.5. The molecule has 1 aromatic rings. The maximum atomic E-state index is 11.7. The van der Waals surface area contributed by atoms with Crippen LogP contribution in [-0.2, 0) is 20.8 Å². The van der Waals surface area contributed by atoms with Gasteiger partial charge in [0.25, 0.3) is 0 Å². The highest BCUT2D eigenvalue weighted by molar-refractivity contribution is 7.15. The molecule has 1 aromatic heterocycles. The molecule has 6 nitrogen and oxygen atoms in total. The number of hydrogen-bond acceptors (Lipinski definition) is 7. The Morgan fingerprint density at radius 3 is 2.90 bits per heavy atom. The van der Waals surface area contributed by atoms with Crippen LogP contribution in [0.5, 0.6) is 0 Å². The summed E-state index contributed by atoms with van der Waals surface area (Å²) in [6, 6.07) is 1.83. The second kappa shape index (κ2) is 8.53. The first-order chi connectivity index (χ1) is 9.58. The summed E-state index contributed by atoms with van der Waals surface area (Å²) >= 11 is 7.04. The zero-order valence-corrected chi connectivity index (χ0v) is 12.7. The first-order valence-electron chi connectivity index (χ1n) is 5.69. The fourth-order valence-electron chi connectivity index (χ4n) is 1.25. The number of carbonyl (C=O) groups excluding carboxylic acids is 1. The zero-order valence-electron chi connectivity index (χ0n) is 11.1. The molecule has 0 saturated heterocycles. The van der Waals surface area contributed by atoms with Crippen molar-refractivity contribution < 1.29 is 14.3 Å². The molecule has 0 aliphatic carbocycles. The minimum atomic E-state index is -0.670. The molecule has 0 fully saturated rings. The van der Waals surface area contributed by atoms with Crippen LogP contribution in [0.15, 0.2) is 17.5 Å². The molecular formula is C12H14ClN3O3S. The van der Waals surface area contributed by atoms with Gasteiger partial charge in [0, 0.05) is 23.9 Å². The molecule has 0 amide bonds. The standard InChI is InChI=1S/C12H14ClN3O3S/c1-8(15-6-9-7-16-12(13)20-9)10(5-14)11(17)19-4-3-18-2/h7,15H,3-4,6H2,1-2H3/b10-8-. The van der Waals surface area contributed by atoms with E-state index in [-0.39, 0.29) is 18.8 Å². The fourth-order valence-corrected chi connectivity index (χ4v) is 2.16. The van der Waals surface area contributed by atoms with E-state index in [0.717, 1.165) is 4.88 Å². The highest BCUT2D eigenvalue weighted by Gasteiger charge is 2.14. The summed E-state index contributed by atoms with van der Waals surface area (Å²) in [4.78, 5) is 16.5. The SMILES string of the molecule is COCCOC(=O)/C(C#N)=C(/C)NCc1cnc(Cl)s1. The van der Waals surface area contributed by atoms with Crippen LogP contribution in [0.25, 0.3) is 0 Å². The van der Waals surface area contributed by atoms with Gasteiger partial charge >= 0.3 is 5.97 Å². The highest BCUT2D eigenvalue weighted by Crippen LogP contribution is 2.17. The van der Waals surface area contributed by atoms with Crippen molar-refractivity contribution in [3.63, 3.8) is 0 Å². The van der Waals surface area contributed by atoms with Crippen LogP contribution in [0.3, 0.4) is 0 Å². The van der Waals surface area contributed by atoms with Crippen LogP contribution >= 0.6 is 22.9 Å². The van der Waals surface area contributed by atoms with Gasteiger partial charge in [0.2, 0.25) is 0 Å². The second-order valence-electron chi connectivity index (χ2n) is 3.67. The van der Waals surface area contributed by atoms with E-state index in [9.17, 15) is 4.79 Å². The van der Waals surface area contributed by atoms with Gasteiger partial charge in [-0.3, -0.25) is 0 Å². The number of hydrogen-bond donors (Lipinski definition) is 1. The van der Waals surface area contributed by atoms with Gasteiger partial charge < -0.3 is 14.8 Å². The van der Waals surface area contributed by atoms with Crippen molar-refractivity contribution in [3.8, 4) is 6.07 Å². The maximum absolute atomic E-state index is 11.7. The van der Waals surface area contributed by atoms with Gasteiger partial charge in [-0.1, -0.05) is 11.6 Å². The number of aromatic nitrogens is 1. The molecule has 0 aliphatic heterocycles. The number of nitrogens with zero attached hydrogens (tertiary/aromatic N) is 2. The fraction of sp³-hybridized carbons (Fsp3) is 0.417. The summed E-state index contributed by atoms with van der Waals surface area (Å²) in [6.45, 7) is 2.47. The van der Waals surface area contributed by atoms with Crippen molar-refractivity contribution >= 4 is 28.9 Å². The van der Waals surface area contributed by atoms with Crippen LogP contribution in [0.2, 0.25) is 4.47 Å². The van der Waals surface area contributed by atoms with Gasteiger partial charge in [-0.15, -0.1) is 11.3 Å². The van der Waals surface area contributed by atoms with Crippen LogP contribution in [0.1, 0.15) is 11.8 Å². The van der Waals surface area contributed by atoms with E-state index >= 15 is 0 Å². The number of thiazole rings is 1. The Balaban J connectivity index is 2.60. The molecule has 0 aliphatic rings. The molecule has 0 radical (unpaired) electrons. The number of halogens is 1. The zero-order chi connectivity index (χ0) is 15.0. The lowest BCUT2D eigenvalue weighted by atomic mass is 10.2. The number of methoxy groups -OCH3 is 1. The van der Waals surface area contributed by atoms with E-state index in [1.165, 1.54) is 18.4 Å². The third kappa shape index (κ3) is 5.17. The van der Waals surface area contributed by atoms with Gasteiger partial charge in [-0.05, 0) is 6.92 Å². The Bertz CT molecular complexity index is 536. The molecule has 20 heavy (non-hydrogen) atoms. The summed E-state index contributed by atoms with van der Waals surface area (Å²) in [5, 5.41) is 12.0. The molecule has 108 valence electrons. The van der Waals surface area contributed by atoms with E-state index in [1.54, 1.807) is 13.1 Å². The lowest BCUT2D eigenvalue weighted by Crippen LogP contribution is -2.18. The average Bonchev–Trinajstić information content (AvgIpc) is 2.83. The number of esters is 1. The lowest BCUT2D eigenvalue weighted by Gasteiger charge is -2.08. The van der Waals surface area contributed by atoms with Gasteiger partial charge in [-0.25, -0.2) is 9.78 Å². The Kier molecular flexibility index (Phi) is 7.01. The van der Waals surface area contributed by atoms with Crippen molar-refractivity contribution in [1.29, 1.82) is 5.26 Å². The van der Waals surface area contributed by atoms with E-state index < -0.39 is 5.97 Å². The van der Waals surface area contributed by atoms with Crippen molar-refractivity contribution in [2.75, 3.05) is 20.3 Å². The number of rotatable bonds is 7. The van der Waals surface area contributed by atoms with Gasteiger partial charge in [-0.2, -0.15) is 5.26 Å². The average molecular weight is 316 g/mol. The number of nitriles is 1. The molecular weight excluding hydrogens is 302 g/mol. The first kappa shape index (κ1) is 16.4. The first-order valence-corrected chi connectivity index (χ1v) is 6.89. The summed E-state index contributed by atoms with van der Waals surface area (Å²) in [5.74, 6) is -0.670. The number of carbonyl (C=O) groups is 1. The smallest absolute Gasteiger partial charge is 0.350 e. The predicted octanol–water partition coefficient (Wildman–Crippen LogP) is 1.87. The Hall–Kier alpha value is -1.62. The third-order valence-electron chi connectivity index (χ3n) is 2.26. The Labute approximate surface area is 126 Å². The minimum Gasteiger partial charge on any atom is -0.459 e. The molecule has 0 aromatic carbocycles. The van der Waals surface area contributed by atoms with E-state index in [1.807, 2.05) is 6.07 Å². The summed E-state index contributed by atoms with van der Waals surface area (Å²) < 4.78 is 10.1. The molecule has 1 heterocycles. The second-order valence-corrected chi connectivity index (χ2v) is 5.37. The third-order valence-corrected chi connectivity index (χ3v) is 3.38. The summed E-state index contributed by atoms with van der Waals surface area (Å²) in [5.41, 5.74) is 0.385. The molecule has 1 rings (SSSR count). The molecule has 0 bridgehead atoms. The molecule has 1 N–H and O–H groups in total. The molecule has 0 saturated carbocycles. The molecule has 0 unspecified atom stereocenters. The Morgan fingerprint density at radius 2 is 2.35 bits per heavy atom. The van der Waals surface area contributed by atoms with Crippen LogP contribution in [0, 0.1) is 11.3 Å². The van der Waals surface area contributed by atoms with Gasteiger partial charge in [0.15, 0.2) is 10.0 Å². The Morgan fingerprint density at radius 1 is 1.60 bits per heavy atom. The lowest BCUT2D eigenvalue weighted by molar-refractivity contribution is -0.139. The van der Waals surface area contributed by atoms with Crippen molar-refractivity contribution in [2.45, 2.75) is 13.5 Å². The normalized spacial score (nSPS) is 11.5. The van der Waals surface area contributed by atoms with Gasteiger partial charge in [0.1, 0.15) is 12.7 Å². The van der Waals surface area contributed by atoms with E-state index in [4.69, 9.17) is 26.3 Å². The molecule has 0 atom stereocenters. The van der Waals surface area contributed by atoms with Crippen molar-refractivity contribution in [3.05, 3.63) is 26.8 Å².